The molecule has 0 aliphatic rings. The summed E-state index contributed by atoms with van der Waals surface area (Å²) in [5.74, 6) is -0.356. The van der Waals surface area contributed by atoms with Gasteiger partial charge < -0.3 is 16.2 Å². The van der Waals surface area contributed by atoms with E-state index in [1.165, 1.54) is 0 Å². The number of nitrogens with two attached hydrogens (primary N) is 1. The van der Waals surface area contributed by atoms with E-state index < -0.39 is 5.91 Å². The number of carbonyl (C=O) groups excluding carboxylic acids is 1. The number of aliphatic hydroxyl groups excluding tert-OH is 1. The Hall–Kier alpha value is -2.41. The van der Waals surface area contributed by atoms with Crippen LogP contribution in [0.5, 0.6) is 0 Å². The molecule has 0 fully saturated rings. The standard InChI is InChI=1S/C10H11N5O2/c11-10-13-8(14-15-10)9(17)12-7-3-1-6(5-16)2-4-7/h1-4,16H,5H2,(H,12,17)(H3,11,13,14,15). The average Bonchev–Trinajstić information content (AvgIpc) is 2.77. The summed E-state index contributed by atoms with van der Waals surface area (Å²) in [5.41, 5.74) is 6.66. The molecular weight excluding hydrogens is 222 g/mol. The molecule has 7 heteroatoms. The number of aromatic amines is 1. The van der Waals surface area contributed by atoms with Crippen LogP contribution >= 0.6 is 0 Å². The van der Waals surface area contributed by atoms with Gasteiger partial charge in [0.05, 0.1) is 6.61 Å². The highest BCUT2D eigenvalue weighted by molar-refractivity contribution is 6.01. The fourth-order valence-corrected chi connectivity index (χ4v) is 1.26. The van der Waals surface area contributed by atoms with Gasteiger partial charge in [0.15, 0.2) is 0 Å². The van der Waals surface area contributed by atoms with Crippen LogP contribution < -0.4 is 11.1 Å². The minimum absolute atomic E-state index is 0.0192. The number of amides is 1. The molecule has 0 bridgehead atoms. The predicted octanol–water partition coefficient (Wildman–Crippen LogP) is 0.131. The van der Waals surface area contributed by atoms with Gasteiger partial charge >= 0.3 is 0 Å². The molecule has 5 N–H and O–H groups in total. The summed E-state index contributed by atoms with van der Waals surface area (Å²) in [7, 11) is 0. The Morgan fingerprint density at radius 1 is 1.41 bits per heavy atom. The van der Waals surface area contributed by atoms with Crippen LogP contribution in [0.1, 0.15) is 16.2 Å². The second-order valence-electron chi connectivity index (χ2n) is 3.35. The summed E-state index contributed by atoms with van der Waals surface area (Å²) in [4.78, 5) is 15.3. The van der Waals surface area contributed by atoms with Crippen LogP contribution in [0.3, 0.4) is 0 Å². The normalized spacial score (nSPS) is 10.2. The van der Waals surface area contributed by atoms with Gasteiger partial charge in [-0.2, -0.15) is 4.98 Å². The zero-order valence-corrected chi connectivity index (χ0v) is 8.84. The number of nitrogens with one attached hydrogen (secondary N) is 2. The van der Waals surface area contributed by atoms with E-state index in [-0.39, 0.29) is 18.4 Å². The van der Waals surface area contributed by atoms with Crippen LogP contribution in [0.4, 0.5) is 11.6 Å². The van der Waals surface area contributed by atoms with Gasteiger partial charge in [0.1, 0.15) is 0 Å². The van der Waals surface area contributed by atoms with Gasteiger partial charge in [0, 0.05) is 5.69 Å². The molecule has 0 aliphatic heterocycles. The number of nitrogen functional groups attached to an aromatic ring is 1. The van der Waals surface area contributed by atoms with E-state index in [1.54, 1.807) is 24.3 Å². The first-order chi connectivity index (χ1) is 8.19. The minimum Gasteiger partial charge on any atom is -0.392 e. The number of aromatic nitrogens is 3. The topological polar surface area (TPSA) is 117 Å². The van der Waals surface area contributed by atoms with E-state index in [1.807, 2.05) is 0 Å². The third-order valence-corrected chi connectivity index (χ3v) is 2.11. The van der Waals surface area contributed by atoms with Crippen LogP contribution in [0.2, 0.25) is 0 Å². The SMILES string of the molecule is Nc1n[nH]c(C(=O)Nc2ccc(CO)cc2)n1. The molecular formula is C10H11N5O2. The van der Waals surface area contributed by atoms with E-state index in [4.69, 9.17) is 10.8 Å². The molecule has 1 amide bonds. The number of carbonyl (C=O) groups is 1. The van der Waals surface area contributed by atoms with E-state index in [2.05, 4.69) is 20.5 Å². The van der Waals surface area contributed by atoms with Gasteiger partial charge in [0.25, 0.3) is 5.91 Å². The van der Waals surface area contributed by atoms with E-state index in [0.717, 1.165) is 5.56 Å². The number of H-pyrrole nitrogens is 1. The predicted molar refractivity (Wildman–Crippen MR) is 61.1 cm³/mol. The Labute approximate surface area is 96.7 Å². The van der Waals surface area contributed by atoms with Crippen LogP contribution in [-0.2, 0) is 6.61 Å². The van der Waals surface area contributed by atoms with Crippen molar-refractivity contribution in [3.8, 4) is 0 Å². The lowest BCUT2D eigenvalue weighted by molar-refractivity contribution is 0.101. The van der Waals surface area contributed by atoms with Crippen molar-refractivity contribution < 1.29 is 9.90 Å². The lowest BCUT2D eigenvalue weighted by Crippen LogP contribution is -2.13. The van der Waals surface area contributed by atoms with E-state index >= 15 is 0 Å². The quantitative estimate of drug-likeness (QED) is 0.601. The lowest BCUT2D eigenvalue weighted by Gasteiger charge is -2.03. The average molecular weight is 233 g/mol. The molecule has 0 spiro atoms. The van der Waals surface area contributed by atoms with Gasteiger partial charge in [-0.05, 0) is 17.7 Å². The zero-order valence-electron chi connectivity index (χ0n) is 8.84. The molecule has 0 radical (unpaired) electrons. The van der Waals surface area contributed by atoms with Crippen molar-refractivity contribution >= 4 is 17.5 Å². The third-order valence-electron chi connectivity index (χ3n) is 2.11. The number of aliphatic hydroxyl groups is 1. The molecule has 0 atom stereocenters. The Kier molecular flexibility index (Phi) is 3.01. The van der Waals surface area contributed by atoms with Crippen LogP contribution in [0.15, 0.2) is 24.3 Å². The molecule has 1 aromatic carbocycles. The highest BCUT2D eigenvalue weighted by atomic mass is 16.3. The van der Waals surface area contributed by atoms with Gasteiger partial charge in [0.2, 0.25) is 11.8 Å². The summed E-state index contributed by atoms with van der Waals surface area (Å²) in [6.45, 7) is -0.0349. The molecule has 2 rings (SSSR count). The van der Waals surface area contributed by atoms with Crippen molar-refractivity contribution in [3.05, 3.63) is 35.7 Å². The van der Waals surface area contributed by atoms with Crippen molar-refractivity contribution in [1.29, 1.82) is 0 Å². The molecule has 0 saturated heterocycles. The number of hydrogen-bond donors (Lipinski definition) is 4. The van der Waals surface area contributed by atoms with E-state index in [0.29, 0.717) is 5.69 Å². The fraction of sp³-hybridized carbons (Fsp3) is 0.100. The fourth-order valence-electron chi connectivity index (χ4n) is 1.26. The van der Waals surface area contributed by atoms with Crippen LogP contribution in [0.25, 0.3) is 0 Å². The first-order valence-electron chi connectivity index (χ1n) is 4.88. The second kappa shape index (κ2) is 4.62. The molecule has 2 aromatic rings. The second-order valence-corrected chi connectivity index (χ2v) is 3.35. The molecule has 1 aromatic heterocycles. The summed E-state index contributed by atoms with van der Waals surface area (Å²) >= 11 is 0. The van der Waals surface area contributed by atoms with Crippen molar-refractivity contribution in [1.82, 2.24) is 15.2 Å². The first-order valence-corrected chi connectivity index (χ1v) is 4.88. The minimum atomic E-state index is -0.425. The Morgan fingerprint density at radius 2 is 2.12 bits per heavy atom. The molecule has 7 nitrogen and oxygen atoms in total. The summed E-state index contributed by atoms with van der Waals surface area (Å²) in [5, 5.41) is 17.4. The highest BCUT2D eigenvalue weighted by Gasteiger charge is 2.10. The zero-order chi connectivity index (χ0) is 12.3. The lowest BCUT2D eigenvalue weighted by atomic mass is 10.2. The number of nitrogens with zero attached hydrogens (tertiary/aromatic N) is 2. The Balaban J connectivity index is 2.07. The smallest absolute Gasteiger partial charge is 0.293 e. The van der Waals surface area contributed by atoms with E-state index in [9.17, 15) is 4.79 Å². The number of rotatable bonds is 3. The molecule has 1 heterocycles. The van der Waals surface area contributed by atoms with Gasteiger partial charge in [-0.25, -0.2) is 0 Å². The Morgan fingerprint density at radius 3 is 2.65 bits per heavy atom. The summed E-state index contributed by atoms with van der Waals surface area (Å²) < 4.78 is 0. The maximum absolute atomic E-state index is 11.6. The first kappa shape index (κ1) is 11.1. The Bertz CT molecular complexity index is 520. The maximum atomic E-state index is 11.6. The number of benzene rings is 1. The molecule has 0 unspecified atom stereocenters. The third kappa shape index (κ3) is 2.58. The van der Waals surface area contributed by atoms with Crippen molar-refractivity contribution in [2.24, 2.45) is 0 Å². The molecule has 17 heavy (non-hydrogen) atoms. The largest absolute Gasteiger partial charge is 0.392 e. The van der Waals surface area contributed by atoms with Crippen molar-refractivity contribution in [3.63, 3.8) is 0 Å². The maximum Gasteiger partial charge on any atom is 0.293 e. The molecule has 0 saturated carbocycles. The highest BCUT2D eigenvalue weighted by Crippen LogP contribution is 2.10. The molecule has 0 aliphatic carbocycles. The van der Waals surface area contributed by atoms with Gasteiger partial charge in [-0.1, -0.05) is 12.1 Å². The molecule has 88 valence electrons. The monoisotopic (exact) mass is 233 g/mol. The van der Waals surface area contributed by atoms with Crippen molar-refractivity contribution in [2.45, 2.75) is 6.61 Å². The number of anilines is 2. The van der Waals surface area contributed by atoms with Crippen LogP contribution in [-0.4, -0.2) is 26.2 Å². The summed E-state index contributed by atoms with van der Waals surface area (Å²) in [6, 6.07) is 6.79. The van der Waals surface area contributed by atoms with Gasteiger partial charge in [-0.3, -0.25) is 9.89 Å². The summed E-state index contributed by atoms with van der Waals surface area (Å²) in [6.07, 6.45) is 0. The van der Waals surface area contributed by atoms with Gasteiger partial charge in [-0.15, -0.1) is 5.10 Å². The van der Waals surface area contributed by atoms with Crippen LogP contribution in [0, 0.1) is 0 Å². The number of hydrogen-bond acceptors (Lipinski definition) is 5. The van der Waals surface area contributed by atoms with Crippen molar-refractivity contribution in [2.75, 3.05) is 11.1 Å².